The summed E-state index contributed by atoms with van der Waals surface area (Å²) in [6.07, 6.45) is 2.42. The predicted molar refractivity (Wildman–Crippen MR) is 116 cm³/mol. The lowest BCUT2D eigenvalue weighted by molar-refractivity contribution is -0.129. The van der Waals surface area contributed by atoms with Crippen LogP contribution < -0.4 is 19.5 Å². The fourth-order valence-electron chi connectivity index (χ4n) is 4.42. The van der Waals surface area contributed by atoms with Gasteiger partial charge in [0.1, 0.15) is 11.4 Å². The van der Waals surface area contributed by atoms with E-state index in [0.717, 1.165) is 17.7 Å². The topological polar surface area (TPSA) is 77.1 Å². The van der Waals surface area contributed by atoms with Gasteiger partial charge in [0.05, 0.1) is 20.3 Å². The summed E-state index contributed by atoms with van der Waals surface area (Å²) in [5, 5.41) is 3.18. The van der Waals surface area contributed by atoms with Crippen molar-refractivity contribution >= 4 is 11.8 Å². The van der Waals surface area contributed by atoms with E-state index >= 15 is 0 Å². The first-order chi connectivity index (χ1) is 14.9. The molecule has 7 nitrogen and oxygen atoms in total. The Morgan fingerprint density at radius 2 is 1.90 bits per heavy atom. The van der Waals surface area contributed by atoms with Gasteiger partial charge in [-0.3, -0.25) is 9.59 Å². The van der Waals surface area contributed by atoms with Gasteiger partial charge in [0.2, 0.25) is 5.91 Å². The van der Waals surface area contributed by atoms with Crippen LogP contribution in [0.25, 0.3) is 0 Å². The molecule has 31 heavy (non-hydrogen) atoms. The molecule has 0 bridgehead atoms. The van der Waals surface area contributed by atoms with Crippen molar-refractivity contribution in [1.82, 2.24) is 10.2 Å². The van der Waals surface area contributed by atoms with E-state index in [1.54, 1.807) is 37.3 Å². The normalized spacial score (nSPS) is 22.9. The van der Waals surface area contributed by atoms with Gasteiger partial charge in [-0.2, -0.15) is 0 Å². The molecule has 2 heterocycles. The van der Waals surface area contributed by atoms with E-state index in [0.29, 0.717) is 42.9 Å². The maximum Gasteiger partial charge on any atom is 0.251 e. The van der Waals surface area contributed by atoms with Crippen LogP contribution in [-0.2, 0) is 4.79 Å². The molecule has 2 unspecified atom stereocenters. The molecule has 2 aromatic carbocycles. The Kier molecular flexibility index (Phi) is 5.76. The number of nitrogens with zero attached hydrogens (tertiary/aromatic N) is 1. The zero-order valence-electron chi connectivity index (χ0n) is 18.1. The van der Waals surface area contributed by atoms with Gasteiger partial charge in [-0.25, -0.2) is 0 Å². The van der Waals surface area contributed by atoms with Crippen molar-refractivity contribution in [2.45, 2.75) is 37.3 Å². The fourth-order valence-corrected chi connectivity index (χ4v) is 4.42. The summed E-state index contributed by atoms with van der Waals surface area (Å²) >= 11 is 0. The van der Waals surface area contributed by atoms with Crippen LogP contribution in [0.4, 0.5) is 0 Å². The maximum absolute atomic E-state index is 13.1. The summed E-state index contributed by atoms with van der Waals surface area (Å²) in [5.74, 6) is 1.78. The highest BCUT2D eigenvalue weighted by atomic mass is 16.5. The van der Waals surface area contributed by atoms with Crippen LogP contribution in [0.5, 0.6) is 17.2 Å². The molecule has 1 N–H and O–H groups in total. The molecule has 164 valence electrons. The van der Waals surface area contributed by atoms with E-state index in [4.69, 9.17) is 14.2 Å². The molecule has 0 aliphatic carbocycles. The summed E-state index contributed by atoms with van der Waals surface area (Å²) in [6.45, 7) is 0.636. The second kappa shape index (κ2) is 8.49. The van der Waals surface area contributed by atoms with Crippen LogP contribution >= 0.6 is 0 Å². The number of carbonyl (C=O) groups is 2. The van der Waals surface area contributed by atoms with Gasteiger partial charge in [0.15, 0.2) is 11.5 Å². The van der Waals surface area contributed by atoms with Crippen LogP contribution in [-0.4, -0.2) is 50.1 Å². The van der Waals surface area contributed by atoms with Crippen molar-refractivity contribution in [3.05, 3.63) is 53.6 Å². The molecule has 1 fully saturated rings. The average Bonchev–Trinajstić information content (AvgIpc) is 2.92. The number of rotatable bonds is 4. The number of para-hydroxylation sites is 1. The summed E-state index contributed by atoms with van der Waals surface area (Å²) in [5.41, 5.74) is 0.960. The second-order valence-electron chi connectivity index (χ2n) is 8.19. The lowest BCUT2D eigenvalue weighted by Crippen LogP contribution is -2.45. The van der Waals surface area contributed by atoms with Gasteiger partial charge in [-0.1, -0.05) is 18.2 Å². The first-order valence-electron chi connectivity index (χ1n) is 10.5. The van der Waals surface area contributed by atoms with Gasteiger partial charge in [0, 0.05) is 44.0 Å². The molecule has 4 rings (SSSR count). The largest absolute Gasteiger partial charge is 0.493 e. The third-order valence-corrected chi connectivity index (χ3v) is 6.27. The van der Waals surface area contributed by atoms with E-state index in [9.17, 15) is 9.59 Å². The van der Waals surface area contributed by atoms with Crippen LogP contribution in [0, 0.1) is 0 Å². The minimum Gasteiger partial charge on any atom is -0.493 e. The van der Waals surface area contributed by atoms with Crippen LogP contribution in [0.3, 0.4) is 0 Å². The van der Waals surface area contributed by atoms with Crippen molar-refractivity contribution in [1.29, 1.82) is 0 Å². The van der Waals surface area contributed by atoms with E-state index in [-0.39, 0.29) is 17.9 Å². The lowest BCUT2D eigenvalue weighted by Gasteiger charge is -2.42. The number of likely N-dealkylation sites (tertiary alicyclic amines) is 1. The molecule has 0 saturated carbocycles. The molecule has 7 heteroatoms. The predicted octanol–water partition coefficient (Wildman–Crippen LogP) is 3.34. The third-order valence-electron chi connectivity index (χ3n) is 6.27. The Balaban J connectivity index is 1.61. The minimum absolute atomic E-state index is 0.130. The zero-order valence-corrected chi connectivity index (χ0v) is 18.1. The Hall–Kier alpha value is -3.22. The Morgan fingerprint density at radius 3 is 2.68 bits per heavy atom. The van der Waals surface area contributed by atoms with E-state index < -0.39 is 5.60 Å². The third kappa shape index (κ3) is 4.17. The lowest BCUT2D eigenvalue weighted by atomic mass is 9.82. The maximum atomic E-state index is 13.1. The first kappa shape index (κ1) is 21.0. The van der Waals surface area contributed by atoms with Crippen molar-refractivity contribution in [3.63, 3.8) is 0 Å². The zero-order chi connectivity index (χ0) is 22.0. The van der Waals surface area contributed by atoms with E-state index in [2.05, 4.69) is 5.32 Å². The molecule has 1 spiro atoms. The number of hydrogen-bond acceptors (Lipinski definition) is 5. The van der Waals surface area contributed by atoms with E-state index in [1.807, 2.05) is 31.3 Å². The van der Waals surface area contributed by atoms with Gasteiger partial charge in [-0.15, -0.1) is 0 Å². The number of hydrogen-bond donors (Lipinski definition) is 1. The number of amides is 2. The molecular formula is C24H28N2O5. The van der Waals surface area contributed by atoms with Crippen LogP contribution in [0.15, 0.2) is 42.5 Å². The number of methoxy groups -OCH3 is 2. The van der Waals surface area contributed by atoms with Gasteiger partial charge in [-0.05, 0) is 30.7 Å². The highest BCUT2D eigenvalue weighted by Gasteiger charge is 2.43. The Bertz CT molecular complexity index is 992. The Labute approximate surface area is 182 Å². The van der Waals surface area contributed by atoms with Crippen molar-refractivity contribution in [2.75, 3.05) is 27.8 Å². The Morgan fingerprint density at radius 1 is 1.13 bits per heavy atom. The van der Waals surface area contributed by atoms with Gasteiger partial charge in [0.25, 0.3) is 5.91 Å². The molecule has 0 aromatic heterocycles. The monoisotopic (exact) mass is 424 g/mol. The molecule has 2 amide bonds. The SMILES string of the molecule is COc1ccc(C(=O)NC2CC3(CCC(=O)N(C)CC3)Oc3ccccc32)cc1OC. The molecule has 0 radical (unpaired) electrons. The molecule has 2 aliphatic heterocycles. The summed E-state index contributed by atoms with van der Waals surface area (Å²) in [7, 11) is 4.93. The molecule has 2 aliphatic rings. The van der Waals surface area contributed by atoms with Crippen LogP contribution in [0.1, 0.15) is 47.6 Å². The molecular weight excluding hydrogens is 396 g/mol. The molecule has 2 atom stereocenters. The fraction of sp³-hybridized carbons (Fsp3) is 0.417. The number of carbonyl (C=O) groups excluding carboxylic acids is 2. The first-order valence-corrected chi connectivity index (χ1v) is 10.5. The average molecular weight is 424 g/mol. The molecule has 2 aromatic rings. The number of benzene rings is 2. The van der Waals surface area contributed by atoms with E-state index in [1.165, 1.54) is 0 Å². The molecule has 1 saturated heterocycles. The summed E-state index contributed by atoms with van der Waals surface area (Å²) in [4.78, 5) is 27.1. The quantitative estimate of drug-likeness (QED) is 0.815. The highest BCUT2D eigenvalue weighted by Crippen LogP contribution is 2.44. The van der Waals surface area contributed by atoms with Gasteiger partial charge < -0.3 is 24.4 Å². The van der Waals surface area contributed by atoms with Crippen molar-refractivity contribution in [3.8, 4) is 17.2 Å². The number of nitrogens with one attached hydrogen (secondary N) is 1. The number of fused-ring (bicyclic) bond motifs is 1. The highest BCUT2D eigenvalue weighted by molar-refractivity contribution is 5.95. The van der Waals surface area contributed by atoms with Crippen molar-refractivity contribution in [2.24, 2.45) is 0 Å². The summed E-state index contributed by atoms with van der Waals surface area (Å²) < 4.78 is 17.1. The van der Waals surface area contributed by atoms with Crippen LogP contribution in [0.2, 0.25) is 0 Å². The summed E-state index contributed by atoms with van der Waals surface area (Å²) in [6, 6.07) is 12.7. The minimum atomic E-state index is -0.482. The second-order valence-corrected chi connectivity index (χ2v) is 8.19. The standard InChI is InChI=1S/C24H28N2O5/c1-26-13-12-24(11-10-22(26)27)15-18(17-6-4-5-7-19(17)31-24)25-23(28)16-8-9-20(29-2)21(14-16)30-3/h4-9,14,18H,10-13,15H2,1-3H3,(H,25,28). The number of ether oxygens (including phenoxy) is 3. The smallest absolute Gasteiger partial charge is 0.251 e. The van der Waals surface area contributed by atoms with Gasteiger partial charge >= 0.3 is 0 Å². The van der Waals surface area contributed by atoms with Crippen molar-refractivity contribution < 1.29 is 23.8 Å².